The van der Waals surface area contributed by atoms with E-state index in [9.17, 15) is 4.79 Å². The summed E-state index contributed by atoms with van der Waals surface area (Å²) in [5.74, 6) is 0.568. The summed E-state index contributed by atoms with van der Waals surface area (Å²) < 4.78 is 5.20. The molecule has 0 atom stereocenters. The van der Waals surface area contributed by atoms with Gasteiger partial charge in [0.1, 0.15) is 5.75 Å². The smallest absolute Gasteiger partial charge is 0.234 e. The number of nitrogens with one attached hydrogen (secondary N) is 2. The lowest BCUT2D eigenvalue weighted by Crippen LogP contribution is -2.14. The number of halogens is 2. The molecule has 3 rings (SSSR count). The van der Waals surface area contributed by atoms with Gasteiger partial charge in [-0.2, -0.15) is 0 Å². The number of imidazole rings is 1. The first kappa shape index (κ1) is 17.0. The molecule has 5 nitrogen and oxygen atoms in total. The van der Waals surface area contributed by atoms with Crippen molar-refractivity contribution in [1.82, 2.24) is 9.97 Å². The maximum atomic E-state index is 12.1. The van der Waals surface area contributed by atoms with Gasteiger partial charge in [-0.1, -0.05) is 35.0 Å². The number of aromatic nitrogens is 2. The number of fused-ring (bicyclic) bond motifs is 1. The normalized spacial score (nSPS) is 10.8. The third-order valence-electron chi connectivity index (χ3n) is 3.20. The average molecular weight is 382 g/mol. The molecule has 0 aliphatic carbocycles. The second kappa shape index (κ2) is 7.34. The number of aromatic amines is 1. The van der Waals surface area contributed by atoms with E-state index >= 15 is 0 Å². The Bertz CT molecular complexity index is 898. The molecule has 1 heterocycles. The molecule has 0 radical (unpaired) electrons. The van der Waals surface area contributed by atoms with Gasteiger partial charge < -0.3 is 15.0 Å². The van der Waals surface area contributed by atoms with Crippen molar-refractivity contribution in [3.8, 4) is 5.75 Å². The Kier molecular flexibility index (Phi) is 5.18. The number of hydrogen-bond donors (Lipinski definition) is 2. The molecule has 0 saturated carbocycles. The van der Waals surface area contributed by atoms with Crippen molar-refractivity contribution in [1.29, 1.82) is 0 Å². The first-order chi connectivity index (χ1) is 11.5. The SMILES string of the molecule is COc1ccc(Cl)cc1NC(=O)CSc1nc2ccc(Cl)cc2[nH]1. The second-order valence-corrected chi connectivity index (χ2v) is 6.72. The van der Waals surface area contributed by atoms with Gasteiger partial charge in [0.05, 0.1) is 29.6 Å². The number of methoxy groups -OCH3 is 1. The maximum Gasteiger partial charge on any atom is 0.234 e. The zero-order valence-corrected chi connectivity index (χ0v) is 14.9. The van der Waals surface area contributed by atoms with Gasteiger partial charge >= 0.3 is 0 Å². The summed E-state index contributed by atoms with van der Waals surface area (Å²) in [5.41, 5.74) is 2.17. The third kappa shape index (κ3) is 3.95. The predicted molar refractivity (Wildman–Crippen MR) is 98.5 cm³/mol. The Labute approximate surface area is 152 Å². The van der Waals surface area contributed by atoms with E-state index < -0.39 is 0 Å². The van der Waals surface area contributed by atoms with Crippen LogP contribution in [0.25, 0.3) is 11.0 Å². The fourth-order valence-corrected chi connectivity index (χ4v) is 3.15. The molecule has 24 heavy (non-hydrogen) atoms. The minimum absolute atomic E-state index is 0.181. The first-order valence-corrected chi connectivity index (χ1v) is 8.71. The number of H-pyrrole nitrogens is 1. The molecular weight excluding hydrogens is 369 g/mol. The lowest BCUT2D eigenvalue weighted by molar-refractivity contribution is -0.113. The molecule has 8 heteroatoms. The molecule has 1 aromatic heterocycles. The Balaban J connectivity index is 1.65. The molecule has 0 fully saturated rings. The van der Waals surface area contributed by atoms with Crippen LogP contribution in [0.15, 0.2) is 41.6 Å². The monoisotopic (exact) mass is 381 g/mol. The van der Waals surface area contributed by atoms with Gasteiger partial charge in [-0.05, 0) is 36.4 Å². The van der Waals surface area contributed by atoms with Crippen LogP contribution in [0.3, 0.4) is 0 Å². The molecule has 0 spiro atoms. The van der Waals surface area contributed by atoms with Crippen molar-refractivity contribution < 1.29 is 9.53 Å². The number of anilines is 1. The van der Waals surface area contributed by atoms with E-state index in [4.69, 9.17) is 27.9 Å². The number of hydrogen-bond acceptors (Lipinski definition) is 4. The van der Waals surface area contributed by atoms with E-state index in [-0.39, 0.29) is 11.7 Å². The third-order valence-corrected chi connectivity index (χ3v) is 4.54. The Hall–Kier alpha value is -1.89. The van der Waals surface area contributed by atoms with Crippen LogP contribution >= 0.6 is 35.0 Å². The summed E-state index contributed by atoms with van der Waals surface area (Å²) in [6, 6.07) is 10.4. The van der Waals surface area contributed by atoms with Crippen molar-refractivity contribution in [3.63, 3.8) is 0 Å². The van der Waals surface area contributed by atoms with Gasteiger partial charge in [0.2, 0.25) is 5.91 Å². The summed E-state index contributed by atoms with van der Waals surface area (Å²) in [4.78, 5) is 19.7. The molecule has 2 aromatic carbocycles. The standard InChI is InChI=1S/C16H13Cl2N3O2S/c1-23-14-5-3-10(18)7-13(14)19-15(22)8-24-16-20-11-4-2-9(17)6-12(11)21-16/h2-7H,8H2,1H3,(H,19,22)(H,20,21). The summed E-state index contributed by atoms with van der Waals surface area (Å²) >= 11 is 13.2. The Morgan fingerprint density at radius 2 is 2.00 bits per heavy atom. The summed E-state index contributed by atoms with van der Waals surface area (Å²) in [6.45, 7) is 0. The largest absolute Gasteiger partial charge is 0.495 e. The van der Waals surface area contributed by atoms with E-state index in [1.54, 1.807) is 30.3 Å². The van der Waals surface area contributed by atoms with Crippen LogP contribution in [0.1, 0.15) is 0 Å². The van der Waals surface area contributed by atoms with Crippen LogP contribution in [0.5, 0.6) is 5.75 Å². The molecule has 1 amide bonds. The van der Waals surface area contributed by atoms with Gasteiger partial charge in [-0.15, -0.1) is 0 Å². The van der Waals surface area contributed by atoms with E-state index in [0.29, 0.717) is 26.6 Å². The molecular formula is C16H13Cl2N3O2S. The predicted octanol–water partition coefficient (Wildman–Crippen LogP) is 4.61. The molecule has 0 bridgehead atoms. The maximum absolute atomic E-state index is 12.1. The summed E-state index contributed by atoms with van der Waals surface area (Å²) in [5, 5.41) is 4.59. The molecule has 2 N–H and O–H groups in total. The molecule has 3 aromatic rings. The van der Waals surface area contributed by atoms with Crippen LogP contribution in [0.2, 0.25) is 10.0 Å². The van der Waals surface area contributed by atoms with Crippen LogP contribution < -0.4 is 10.1 Å². The minimum atomic E-state index is -0.181. The molecule has 0 aliphatic heterocycles. The van der Waals surface area contributed by atoms with Crippen molar-refractivity contribution >= 4 is 57.6 Å². The fraction of sp³-hybridized carbons (Fsp3) is 0.125. The van der Waals surface area contributed by atoms with E-state index in [1.165, 1.54) is 18.9 Å². The van der Waals surface area contributed by atoms with E-state index in [2.05, 4.69) is 15.3 Å². The Morgan fingerprint density at radius 1 is 1.25 bits per heavy atom. The highest BCUT2D eigenvalue weighted by Gasteiger charge is 2.11. The molecule has 124 valence electrons. The van der Waals surface area contributed by atoms with Gasteiger partial charge in [-0.3, -0.25) is 4.79 Å². The highest BCUT2D eigenvalue weighted by atomic mass is 35.5. The zero-order chi connectivity index (χ0) is 17.1. The summed E-state index contributed by atoms with van der Waals surface area (Å²) in [7, 11) is 1.53. The van der Waals surface area contributed by atoms with Gasteiger partial charge in [-0.25, -0.2) is 4.98 Å². The molecule has 0 unspecified atom stereocenters. The lowest BCUT2D eigenvalue weighted by Gasteiger charge is -2.10. The van der Waals surface area contributed by atoms with Crippen molar-refractivity contribution in [2.24, 2.45) is 0 Å². The number of rotatable bonds is 5. The Morgan fingerprint density at radius 3 is 2.79 bits per heavy atom. The fourth-order valence-electron chi connectivity index (χ4n) is 2.12. The topological polar surface area (TPSA) is 67.0 Å². The minimum Gasteiger partial charge on any atom is -0.495 e. The second-order valence-electron chi connectivity index (χ2n) is 4.88. The number of benzene rings is 2. The molecule has 0 saturated heterocycles. The van der Waals surface area contributed by atoms with Crippen LogP contribution in [0, 0.1) is 0 Å². The quantitative estimate of drug-likeness (QED) is 0.633. The average Bonchev–Trinajstić information content (AvgIpc) is 2.95. The van der Waals surface area contributed by atoms with Gasteiger partial charge in [0, 0.05) is 10.0 Å². The zero-order valence-electron chi connectivity index (χ0n) is 12.6. The van der Waals surface area contributed by atoms with Gasteiger partial charge in [0.15, 0.2) is 5.16 Å². The number of thioether (sulfide) groups is 1. The van der Waals surface area contributed by atoms with Crippen molar-refractivity contribution in [2.75, 3.05) is 18.2 Å². The number of nitrogens with zero attached hydrogens (tertiary/aromatic N) is 1. The number of ether oxygens (including phenoxy) is 1. The van der Waals surface area contributed by atoms with Crippen molar-refractivity contribution in [3.05, 3.63) is 46.4 Å². The van der Waals surface area contributed by atoms with Crippen LogP contribution in [0.4, 0.5) is 5.69 Å². The van der Waals surface area contributed by atoms with Crippen LogP contribution in [-0.4, -0.2) is 28.7 Å². The van der Waals surface area contributed by atoms with Crippen molar-refractivity contribution in [2.45, 2.75) is 5.16 Å². The summed E-state index contributed by atoms with van der Waals surface area (Å²) in [6.07, 6.45) is 0. The number of amides is 1. The van der Waals surface area contributed by atoms with Gasteiger partial charge in [0.25, 0.3) is 0 Å². The highest BCUT2D eigenvalue weighted by Crippen LogP contribution is 2.28. The van der Waals surface area contributed by atoms with E-state index in [1.807, 2.05) is 6.07 Å². The highest BCUT2D eigenvalue weighted by molar-refractivity contribution is 7.99. The molecule has 0 aliphatic rings. The number of carbonyl (C=O) groups excluding carboxylic acids is 1. The lowest BCUT2D eigenvalue weighted by atomic mass is 10.3. The van der Waals surface area contributed by atoms with Crippen LogP contribution in [-0.2, 0) is 4.79 Å². The number of carbonyl (C=O) groups is 1. The first-order valence-electron chi connectivity index (χ1n) is 6.96. The van der Waals surface area contributed by atoms with E-state index in [0.717, 1.165) is 11.0 Å².